The molecule has 0 aliphatic heterocycles. The monoisotopic (exact) mass is 303 g/mol. The van der Waals surface area contributed by atoms with Crippen molar-refractivity contribution in [2.75, 3.05) is 42.9 Å². The molecule has 0 radical (unpaired) electrons. The maximum Gasteiger partial charge on any atom is 0.323 e. The lowest BCUT2D eigenvalue weighted by atomic mass is 10.5. The Morgan fingerprint density at radius 1 is 1.30 bits per heavy atom. The van der Waals surface area contributed by atoms with E-state index in [-0.39, 0.29) is 17.9 Å². The van der Waals surface area contributed by atoms with E-state index < -0.39 is 9.84 Å². The fourth-order valence-electron chi connectivity index (χ4n) is 1.29. The van der Waals surface area contributed by atoms with Crippen molar-refractivity contribution in [1.29, 1.82) is 0 Å². The van der Waals surface area contributed by atoms with Crippen molar-refractivity contribution in [2.24, 2.45) is 0 Å². The molecule has 0 spiro atoms. The highest BCUT2D eigenvalue weighted by atomic mass is 32.2. The molecular formula is C11H21N5O3S. The molecule has 1 heterocycles. The molecule has 0 aromatic carbocycles. The van der Waals surface area contributed by atoms with Gasteiger partial charge in [0.1, 0.15) is 9.84 Å². The van der Waals surface area contributed by atoms with E-state index in [9.17, 15) is 8.42 Å². The second-order valence-corrected chi connectivity index (χ2v) is 6.97. The lowest BCUT2D eigenvalue weighted by Crippen LogP contribution is -2.27. The van der Waals surface area contributed by atoms with Gasteiger partial charge in [-0.15, -0.1) is 0 Å². The number of anilines is 2. The average molecular weight is 303 g/mol. The van der Waals surface area contributed by atoms with Gasteiger partial charge in [-0.1, -0.05) is 0 Å². The van der Waals surface area contributed by atoms with Crippen LogP contribution in [0.25, 0.3) is 0 Å². The largest absolute Gasteiger partial charge is 0.461 e. The summed E-state index contributed by atoms with van der Waals surface area (Å²) in [5, 5.41) is 2.82. The number of ether oxygens (including phenoxy) is 1. The molecule has 1 aromatic rings. The van der Waals surface area contributed by atoms with Gasteiger partial charge in [0.2, 0.25) is 11.9 Å². The van der Waals surface area contributed by atoms with E-state index in [2.05, 4.69) is 20.3 Å². The summed E-state index contributed by atoms with van der Waals surface area (Å²) in [5.74, 6) is 0.769. The van der Waals surface area contributed by atoms with Crippen molar-refractivity contribution in [3.8, 4) is 6.01 Å². The zero-order valence-corrected chi connectivity index (χ0v) is 13.2. The quantitative estimate of drug-likeness (QED) is 0.762. The highest BCUT2D eigenvalue weighted by Crippen LogP contribution is 2.14. The normalized spacial score (nSPS) is 11.5. The molecule has 0 atom stereocenters. The minimum absolute atomic E-state index is 0.0322. The Morgan fingerprint density at radius 2 is 1.95 bits per heavy atom. The SMILES string of the molecule is CNc1nc(OC(C)C)nc(N(C)CCS(C)(=O)=O)n1. The van der Waals surface area contributed by atoms with Crippen LogP contribution in [-0.4, -0.2) is 62.1 Å². The standard InChI is InChI=1S/C11H21N5O3S/c1-8(2)19-11-14-9(12-3)13-10(15-11)16(4)6-7-20(5,17)18/h8H,6-7H2,1-5H3,(H,12,13,14,15). The summed E-state index contributed by atoms with van der Waals surface area (Å²) in [6.07, 6.45) is 1.14. The molecule has 1 rings (SSSR count). The topological polar surface area (TPSA) is 97.3 Å². The number of nitrogens with zero attached hydrogens (tertiary/aromatic N) is 4. The smallest absolute Gasteiger partial charge is 0.323 e. The van der Waals surface area contributed by atoms with Gasteiger partial charge in [0.05, 0.1) is 11.9 Å². The minimum Gasteiger partial charge on any atom is -0.461 e. The number of hydrogen-bond acceptors (Lipinski definition) is 8. The van der Waals surface area contributed by atoms with E-state index in [0.717, 1.165) is 0 Å². The van der Waals surface area contributed by atoms with Crippen LogP contribution in [0.3, 0.4) is 0 Å². The van der Waals surface area contributed by atoms with E-state index >= 15 is 0 Å². The van der Waals surface area contributed by atoms with E-state index in [1.807, 2.05) is 13.8 Å². The molecule has 0 fully saturated rings. The Bertz CT molecular complexity index is 547. The van der Waals surface area contributed by atoms with Gasteiger partial charge in [-0.3, -0.25) is 0 Å². The van der Waals surface area contributed by atoms with Crippen molar-refractivity contribution in [1.82, 2.24) is 15.0 Å². The molecule has 1 aromatic heterocycles. The Balaban J connectivity index is 2.92. The van der Waals surface area contributed by atoms with E-state index in [0.29, 0.717) is 18.4 Å². The van der Waals surface area contributed by atoms with Crippen LogP contribution in [-0.2, 0) is 9.84 Å². The molecule has 0 saturated heterocycles. The molecular weight excluding hydrogens is 282 g/mol. The molecule has 1 N–H and O–H groups in total. The fraction of sp³-hybridized carbons (Fsp3) is 0.727. The molecule has 0 saturated carbocycles. The van der Waals surface area contributed by atoms with Crippen molar-refractivity contribution < 1.29 is 13.2 Å². The maximum atomic E-state index is 11.2. The van der Waals surface area contributed by atoms with Crippen LogP contribution in [0.15, 0.2) is 0 Å². The zero-order chi connectivity index (χ0) is 15.3. The van der Waals surface area contributed by atoms with Gasteiger partial charge < -0.3 is 15.0 Å². The number of rotatable bonds is 7. The number of sulfone groups is 1. The van der Waals surface area contributed by atoms with Crippen LogP contribution in [0.2, 0.25) is 0 Å². The van der Waals surface area contributed by atoms with Crippen molar-refractivity contribution in [3.05, 3.63) is 0 Å². The van der Waals surface area contributed by atoms with E-state index in [1.165, 1.54) is 6.26 Å². The number of aromatic nitrogens is 3. The first kappa shape index (κ1) is 16.4. The summed E-state index contributed by atoms with van der Waals surface area (Å²) in [7, 11) is 0.379. The van der Waals surface area contributed by atoms with Gasteiger partial charge >= 0.3 is 6.01 Å². The van der Waals surface area contributed by atoms with Gasteiger partial charge in [0, 0.05) is 26.9 Å². The summed E-state index contributed by atoms with van der Waals surface area (Å²) in [5.41, 5.74) is 0. The fourth-order valence-corrected chi connectivity index (χ4v) is 1.90. The van der Waals surface area contributed by atoms with Crippen molar-refractivity contribution in [3.63, 3.8) is 0 Å². The Labute approximate surface area is 119 Å². The van der Waals surface area contributed by atoms with Crippen LogP contribution >= 0.6 is 0 Å². The van der Waals surface area contributed by atoms with Gasteiger partial charge in [0.15, 0.2) is 0 Å². The van der Waals surface area contributed by atoms with Gasteiger partial charge in [0.25, 0.3) is 0 Å². The van der Waals surface area contributed by atoms with Crippen molar-refractivity contribution >= 4 is 21.7 Å². The first-order valence-electron chi connectivity index (χ1n) is 6.20. The van der Waals surface area contributed by atoms with E-state index in [4.69, 9.17) is 4.74 Å². The molecule has 0 aliphatic rings. The second-order valence-electron chi connectivity index (χ2n) is 4.71. The molecule has 114 valence electrons. The van der Waals surface area contributed by atoms with Crippen LogP contribution in [0.1, 0.15) is 13.8 Å². The number of nitrogens with one attached hydrogen (secondary N) is 1. The van der Waals surface area contributed by atoms with E-state index in [1.54, 1.807) is 19.0 Å². The van der Waals surface area contributed by atoms with Crippen LogP contribution in [0, 0.1) is 0 Å². The zero-order valence-electron chi connectivity index (χ0n) is 12.4. The summed E-state index contributed by atoms with van der Waals surface area (Å²) in [4.78, 5) is 14.1. The Morgan fingerprint density at radius 3 is 2.45 bits per heavy atom. The molecule has 0 bridgehead atoms. The Kier molecular flexibility index (Phi) is 5.49. The van der Waals surface area contributed by atoms with Crippen LogP contribution in [0.4, 0.5) is 11.9 Å². The van der Waals surface area contributed by atoms with Crippen LogP contribution in [0.5, 0.6) is 6.01 Å². The second kappa shape index (κ2) is 6.69. The highest BCUT2D eigenvalue weighted by molar-refractivity contribution is 7.90. The predicted molar refractivity (Wildman–Crippen MR) is 78.1 cm³/mol. The summed E-state index contributed by atoms with van der Waals surface area (Å²) in [6, 6.07) is 0.209. The first-order chi connectivity index (χ1) is 9.21. The molecule has 0 unspecified atom stereocenters. The lowest BCUT2D eigenvalue weighted by Gasteiger charge is -2.18. The summed E-state index contributed by atoms with van der Waals surface area (Å²) >= 11 is 0. The van der Waals surface area contributed by atoms with Gasteiger partial charge in [-0.05, 0) is 13.8 Å². The number of hydrogen-bond donors (Lipinski definition) is 1. The Hall–Kier alpha value is -1.64. The summed E-state index contributed by atoms with van der Waals surface area (Å²) in [6.45, 7) is 4.04. The predicted octanol–water partition coefficient (Wildman–Crippen LogP) is 0.181. The van der Waals surface area contributed by atoms with Gasteiger partial charge in [-0.2, -0.15) is 15.0 Å². The maximum absolute atomic E-state index is 11.2. The summed E-state index contributed by atoms with van der Waals surface area (Å²) < 4.78 is 27.8. The molecule has 0 amide bonds. The third kappa shape index (κ3) is 5.55. The third-order valence-corrected chi connectivity index (χ3v) is 3.23. The lowest BCUT2D eigenvalue weighted by molar-refractivity contribution is 0.222. The molecule has 9 heteroatoms. The molecule has 20 heavy (non-hydrogen) atoms. The highest BCUT2D eigenvalue weighted by Gasteiger charge is 2.13. The third-order valence-electron chi connectivity index (χ3n) is 2.31. The van der Waals surface area contributed by atoms with Gasteiger partial charge in [-0.25, -0.2) is 8.42 Å². The van der Waals surface area contributed by atoms with Crippen LogP contribution < -0.4 is 15.0 Å². The minimum atomic E-state index is -3.03. The van der Waals surface area contributed by atoms with Crippen molar-refractivity contribution in [2.45, 2.75) is 20.0 Å². The molecule has 0 aliphatic carbocycles. The first-order valence-corrected chi connectivity index (χ1v) is 8.26. The average Bonchev–Trinajstić information content (AvgIpc) is 2.33. The molecule has 8 nitrogen and oxygen atoms in total.